The molecule has 0 spiro atoms. The molecular formula is C14H20N2O3. The van der Waals surface area contributed by atoms with Gasteiger partial charge in [0.1, 0.15) is 6.04 Å². The van der Waals surface area contributed by atoms with Crippen molar-refractivity contribution in [1.29, 1.82) is 0 Å². The number of nitrogen functional groups attached to an aromatic ring is 1. The van der Waals surface area contributed by atoms with Crippen LogP contribution in [0, 0.1) is 0 Å². The number of aryl methyl sites for hydroxylation is 1. The summed E-state index contributed by atoms with van der Waals surface area (Å²) in [5.41, 5.74) is 7.28. The van der Waals surface area contributed by atoms with Crippen LogP contribution in [0.15, 0.2) is 24.3 Å². The molecule has 5 heteroatoms. The number of carbonyl (C=O) groups is 2. The molecule has 0 unspecified atom stereocenters. The van der Waals surface area contributed by atoms with Crippen molar-refractivity contribution in [3.05, 3.63) is 29.8 Å². The summed E-state index contributed by atoms with van der Waals surface area (Å²) in [6.07, 6.45) is 1.97. The van der Waals surface area contributed by atoms with Gasteiger partial charge in [-0.2, -0.15) is 0 Å². The normalized spacial score (nSPS) is 11.8. The van der Waals surface area contributed by atoms with E-state index in [1.165, 1.54) is 0 Å². The maximum Gasteiger partial charge on any atom is 0.326 e. The minimum Gasteiger partial charge on any atom is -0.480 e. The minimum absolute atomic E-state index is 0.247. The van der Waals surface area contributed by atoms with Crippen LogP contribution >= 0.6 is 0 Å². The largest absolute Gasteiger partial charge is 0.480 e. The summed E-state index contributed by atoms with van der Waals surface area (Å²) >= 11 is 0. The molecule has 0 aliphatic heterocycles. The van der Waals surface area contributed by atoms with E-state index in [-0.39, 0.29) is 12.3 Å². The molecule has 4 N–H and O–H groups in total. The Labute approximate surface area is 112 Å². The van der Waals surface area contributed by atoms with Crippen LogP contribution in [0.4, 0.5) is 5.69 Å². The molecule has 0 bridgehead atoms. The highest BCUT2D eigenvalue weighted by Gasteiger charge is 2.18. The third-order valence-corrected chi connectivity index (χ3v) is 2.80. The maximum atomic E-state index is 11.7. The molecule has 0 saturated heterocycles. The summed E-state index contributed by atoms with van der Waals surface area (Å²) in [6, 6.07) is 6.53. The Morgan fingerprint density at radius 3 is 2.74 bits per heavy atom. The number of rotatable bonds is 7. The Balaban J connectivity index is 2.44. The molecule has 5 nitrogen and oxygen atoms in total. The number of hydrogen-bond donors (Lipinski definition) is 3. The Kier molecular flexibility index (Phi) is 5.85. The summed E-state index contributed by atoms with van der Waals surface area (Å²) in [7, 11) is 0. The molecule has 1 atom stereocenters. The number of nitrogens with one attached hydrogen (secondary N) is 1. The maximum absolute atomic E-state index is 11.7. The van der Waals surface area contributed by atoms with Crippen molar-refractivity contribution >= 4 is 17.6 Å². The number of anilines is 1. The number of aliphatic carboxylic acids is 1. The zero-order valence-electron chi connectivity index (χ0n) is 11.1. The Morgan fingerprint density at radius 1 is 1.42 bits per heavy atom. The molecule has 1 aromatic carbocycles. The predicted octanol–water partition coefficient (Wildman–Crippen LogP) is 1.57. The molecule has 19 heavy (non-hydrogen) atoms. The first-order valence-electron chi connectivity index (χ1n) is 6.39. The van der Waals surface area contributed by atoms with Crippen molar-refractivity contribution < 1.29 is 14.7 Å². The zero-order chi connectivity index (χ0) is 14.3. The first-order valence-corrected chi connectivity index (χ1v) is 6.39. The lowest BCUT2D eigenvalue weighted by atomic mass is 10.1. The van der Waals surface area contributed by atoms with Gasteiger partial charge in [-0.05, 0) is 30.5 Å². The van der Waals surface area contributed by atoms with Gasteiger partial charge in [0.25, 0.3) is 0 Å². The molecule has 0 aromatic heterocycles. The lowest BCUT2D eigenvalue weighted by Gasteiger charge is -2.13. The summed E-state index contributed by atoms with van der Waals surface area (Å²) in [5.74, 6) is -1.23. The van der Waals surface area contributed by atoms with Crippen molar-refractivity contribution in [2.75, 3.05) is 5.73 Å². The number of nitrogens with two attached hydrogens (primary N) is 1. The molecule has 0 heterocycles. The van der Waals surface area contributed by atoms with Gasteiger partial charge in [-0.25, -0.2) is 4.79 Å². The first kappa shape index (κ1) is 15.0. The summed E-state index contributed by atoms with van der Waals surface area (Å²) in [6.45, 7) is 1.88. The van der Waals surface area contributed by atoms with Crippen LogP contribution in [0.3, 0.4) is 0 Å². The average molecular weight is 264 g/mol. The van der Waals surface area contributed by atoms with E-state index in [0.717, 1.165) is 5.56 Å². The Morgan fingerprint density at radius 2 is 2.16 bits per heavy atom. The standard InChI is InChI=1S/C14H20N2O3/c1-2-4-12(14(18)19)16-13(17)8-7-10-5-3-6-11(15)9-10/h3,5-6,9,12H,2,4,7-8,15H2,1H3,(H,16,17)(H,18,19)/t12-/m1/s1. The van der Waals surface area contributed by atoms with E-state index in [1.807, 2.05) is 25.1 Å². The first-order chi connectivity index (χ1) is 9.02. The minimum atomic E-state index is -0.987. The van der Waals surface area contributed by atoms with Crippen LogP contribution in [0.1, 0.15) is 31.7 Å². The van der Waals surface area contributed by atoms with Crippen molar-refractivity contribution in [2.24, 2.45) is 0 Å². The Hall–Kier alpha value is -2.04. The molecule has 0 aliphatic rings. The van der Waals surface area contributed by atoms with Crippen LogP contribution in [0.2, 0.25) is 0 Å². The molecule has 0 radical (unpaired) electrons. The summed E-state index contributed by atoms with van der Waals surface area (Å²) < 4.78 is 0. The third kappa shape index (κ3) is 5.42. The monoisotopic (exact) mass is 264 g/mol. The van der Waals surface area contributed by atoms with E-state index in [0.29, 0.717) is 24.9 Å². The number of carboxylic acid groups (broad SMARTS) is 1. The molecule has 1 aromatic rings. The van der Waals surface area contributed by atoms with Crippen molar-refractivity contribution in [1.82, 2.24) is 5.32 Å². The highest BCUT2D eigenvalue weighted by atomic mass is 16.4. The topological polar surface area (TPSA) is 92.4 Å². The number of hydrogen-bond acceptors (Lipinski definition) is 3. The zero-order valence-corrected chi connectivity index (χ0v) is 11.1. The lowest BCUT2D eigenvalue weighted by molar-refractivity contribution is -0.142. The van der Waals surface area contributed by atoms with Gasteiger partial charge >= 0.3 is 5.97 Å². The molecule has 104 valence electrons. The van der Waals surface area contributed by atoms with E-state index < -0.39 is 12.0 Å². The van der Waals surface area contributed by atoms with Crippen LogP contribution in [0.5, 0.6) is 0 Å². The van der Waals surface area contributed by atoms with Gasteiger partial charge < -0.3 is 16.2 Å². The summed E-state index contributed by atoms with van der Waals surface area (Å²) in [5, 5.41) is 11.5. The fourth-order valence-corrected chi connectivity index (χ4v) is 1.82. The number of amides is 1. The van der Waals surface area contributed by atoms with E-state index in [9.17, 15) is 9.59 Å². The van der Waals surface area contributed by atoms with Crippen molar-refractivity contribution in [3.8, 4) is 0 Å². The average Bonchev–Trinajstić information content (AvgIpc) is 2.36. The van der Waals surface area contributed by atoms with E-state index in [4.69, 9.17) is 10.8 Å². The smallest absolute Gasteiger partial charge is 0.326 e. The second-order valence-electron chi connectivity index (χ2n) is 4.49. The number of carbonyl (C=O) groups excluding carboxylic acids is 1. The van der Waals surface area contributed by atoms with Crippen LogP contribution in [-0.4, -0.2) is 23.0 Å². The van der Waals surface area contributed by atoms with Gasteiger partial charge in [0.15, 0.2) is 0 Å². The van der Waals surface area contributed by atoms with Gasteiger partial charge in [0.05, 0.1) is 0 Å². The van der Waals surface area contributed by atoms with Crippen molar-refractivity contribution in [3.63, 3.8) is 0 Å². The molecule has 0 fully saturated rings. The third-order valence-electron chi connectivity index (χ3n) is 2.80. The van der Waals surface area contributed by atoms with E-state index >= 15 is 0 Å². The van der Waals surface area contributed by atoms with Crippen LogP contribution in [-0.2, 0) is 16.0 Å². The van der Waals surface area contributed by atoms with Crippen LogP contribution in [0.25, 0.3) is 0 Å². The highest BCUT2D eigenvalue weighted by Crippen LogP contribution is 2.09. The quantitative estimate of drug-likeness (QED) is 0.652. The number of benzene rings is 1. The second-order valence-corrected chi connectivity index (χ2v) is 4.49. The Bertz CT molecular complexity index is 446. The van der Waals surface area contributed by atoms with E-state index in [1.54, 1.807) is 6.07 Å². The van der Waals surface area contributed by atoms with E-state index in [2.05, 4.69) is 5.32 Å². The summed E-state index contributed by atoms with van der Waals surface area (Å²) in [4.78, 5) is 22.6. The molecule has 1 rings (SSSR count). The van der Waals surface area contributed by atoms with Crippen LogP contribution < -0.4 is 11.1 Å². The predicted molar refractivity (Wildman–Crippen MR) is 73.6 cm³/mol. The molecule has 0 saturated carbocycles. The SMILES string of the molecule is CCC[C@@H](NC(=O)CCc1cccc(N)c1)C(=O)O. The fraction of sp³-hybridized carbons (Fsp3) is 0.429. The molecule has 0 aliphatic carbocycles. The lowest BCUT2D eigenvalue weighted by Crippen LogP contribution is -2.40. The molecule has 1 amide bonds. The van der Waals surface area contributed by atoms with Gasteiger partial charge in [-0.15, -0.1) is 0 Å². The second kappa shape index (κ2) is 7.41. The molecular weight excluding hydrogens is 244 g/mol. The van der Waals surface area contributed by atoms with Gasteiger partial charge in [0.2, 0.25) is 5.91 Å². The van der Waals surface area contributed by atoms with Crippen molar-refractivity contribution in [2.45, 2.75) is 38.6 Å². The number of carboxylic acids is 1. The van der Waals surface area contributed by atoms with Gasteiger partial charge in [-0.3, -0.25) is 4.79 Å². The van der Waals surface area contributed by atoms with Gasteiger partial charge in [-0.1, -0.05) is 25.5 Å². The van der Waals surface area contributed by atoms with Gasteiger partial charge in [0, 0.05) is 12.1 Å². The fourth-order valence-electron chi connectivity index (χ4n) is 1.82. The highest BCUT2D eigenvalue weighted by molar-refractivity contribution is 5.83.